The normalized spacial score (nSPS) is 19.0. The topological polar surface area (TPSA) is 62.5 Å². The fraction of sp³-hybridized carbons (Fsp3) is 0.545. The van der Waals surface area contributed by atoms with Crippen LogP contribution in [0.25, 0.3) is 0 Å². The lowest BCUT2D eigenvalue weighted by Gasteiger charge is -2.21. The standard InChI is InChI=1S/C11H15NO3/c13-10(9-4-3-7-15-9)12-8-11(14)5-1-2-6-11/h3-4,7,14H,1-2,5-6,8H2,(H,12,13). The average Bonchev–Trinajstić information content (AvgIpc) is 2.85. The number of hydrogen-bond acceptors (Lipinski definition) is 3. The van der Waals surface area contributed by atoms with Crippen LogP contribution in [-0.2, 0) is 0 Å². The van der Waals surface area contributed by atoms with Gasteiger partial charge in [0.1, 0.15) is 0 Å². The smallest absolute Gasteiger partial charge is 0.287 e. The van der Waals surface area contributed by atoms with Gasteiger partial charge in [-0.2, -0.15) is 0 Å². The van der Waals surface area contributed by atoms with E-state index in [1.165, 1.54) is 6.26 Å². The first-order valence-electron chi connectivity index (χ1n) is 5.24. The molecule has 1 heterocycles. The highest BCUT2D eigenvalue weighted by Crippen LogP contribution is 2.28. The first-order valence-corrected chi connectivity index (χ1v) is 5.24. The van der Waals surface area contributed by atoms with Gasteiger partial charge < -0.3 is 14.8 Å². The minimum atomic E-state index is -0.706. The molecule has 0 aliphatic heterocycles. The van der Waals surface area contributed by atoms with Gasteiger partial charge in [0.25, 0.3) is 5.91 Å². The van der Waals surface area contributed by atoms with E-state index in [0.29, 0.717) is 6.54 Å². The maximum Gasteiger partial charge on any atom is 0.287 e. The van der Waals surface area contributed by atoms with Crippen LogP contribution < -0.4 is 5.32 Å². The first-order chi connectivity index (χ1) is 7.20. The Kier molecular flexibility index (Phi) is 2.77. The van der Waals surface area contributed by atoms with Crippen molar-refractivity contribution in [3.63, 3.8) is 0 Å². The second-order valence-electron chi connectivity index (χ2n) is 4.09. The van der Waals surface area contributed by atoms with Gasteiger partial charge in [-0.05, 0) is 25.0 Å². The fourth-order valence-corrected chi connectivity index (χ4v) is 1.95. The molecule has 1 fully saturated rings. The molecule has 15 heavy (non-hydrogen) atoms. The molecule has 0 unspecified atom stereocenters. The third kappa shape index (κ3) is 2.39. The molecule has 1 aliphatic rings. The Bertz CT molecular complexity index is 326. The lowest BCUT2D eigenvalue weighted by molar-refractivity contribution is 0.0444. The Balaban J connectivity index is 1.85. The molecule has 0 spiro atoms. The van der Waals surface area contributed by atoms with Crippen LogP contribution in [0.5, 0.6) is 0 Å². The van der Waals surface area contributed by atoms with Crippen LogP contribution >= 0.6 is 0 Å². The third-order valence-electron chi connectivity index (χ3n) is 2.86. The maximum atomic E-state index is 11.5. The summed E-state index contributed by atoms with van der Waals surface area (Å²) in [6.45, 7) is 0.312. The number of amides is 1. The number of carbonyl (C=O) groups is 1. The van der Waals surface area contributed by atoms with E-state index < -0.39 is 5.60 Å². The largest absolute Gasteiger partial charge is 0.459 e. The van der Waals surface area contributed by atoms with Crippen molar-refractivity contribution in [2.75, 3.05) is 6.54 Å². The summed E-state index contributed by atoms with van der Waals surface area (Å²) < 4.78 is 4.95. The van der Waals surface area contributed by atoms with E-state index in [4.69, 9.17) is 4.42 Å². The first kappa shape index (κ1) is 10.2. The van der Waals surface area contributed by atoms with Gasteiger partial charge in [0.05, 0.1) is 11.9 Å². The molecule has 1 aliphatic carbocycles. The van der Waals surface area contributed by atoms with Crippen molar-refractivity contribution in [3.8, 4) is 0 Å². The summed E-state index contributed by atoms with van der Waals surface area (Å²) in [6.07, 6.45) is 5.07. The number of nitrogens with one attached hydrogen (secondary N) is 1. The molecule has 1 aromatic rings. The Morgan fingerprint density at radius 3 is 2.87 bits per heavy atom. The van der Waals surface area contributed by atoms with Crippen LogP contribution in [0.3, 0.4) is 0 Å². The number of hydrogen-bond donors (Lipinski definition) is 2. The Labute approximate surface area is 88.3 Å². The van der Waals surface area contributed by atoms with E-state index in [2.05, 4.69) is 5.32 Å². The van der Waals surface area contributed by atoms with Gasteiger partial charge in [-0.15, -0.1) is 0 Å². The zero-order valence-corrected chi connectivity index (χ0v) is 8.53. The highest BCUT2D eigenvalue weighted by atomic mass is 16.3. The van der Waals surface area contributed by atoms with Crippen molar-refractivity contribution in [3.05, 3.63) is 24.2 Å². The number of furan rings is 1. The third-order valence-corrected chi connectivity index (χ3v) is 2.86. The summed E-state index contributed by atoms with van der Waals surface area (Å²) in [7, 11) is 0. The number of aliphatic hydroxyl groups is 1. The minimum Gasteiger partial charge on any atom is -0.459 e. The monoisotopic (exact) mass is 209 g/mol. The number of rotatable bonds is 3. The molecule has 1 saturated carbocycles. The molecule has 2 rings (SSSR count). The summed E-state index contributed by atoms with van der Waals surface area (Å²) >= 11 is 0. The van der Waals surface area contributed by atoms with E-state index in [1.54, 1.807) is 12.1 Å². The van der Waals surface area contributed by atoms with Gasteiger partial charge in [-0.1, -0.05) is 12.8 Å². The van der Waals surface area contributed by atoms with Crippen molar-refractivity contribution in [1.29, 1.82) is 0 Å². The zero-order valence-electron chi connectivity index (χ0n) is 8.53. The quantitative estimate of drug-likeness (QED) is 0.789. The van der Waals surface area contributed by atoms with Crippen LogP contribution in [0, 0.1) is 0 Å². The molecule has 82 valence electrons. The SMILES string of the molecule is O=C(NCC1(O)CCCC1)c1ccco1. The Hall–Kier alpha value is -1.29. The van der Waals surface area contributed by atoms with Crippen molar-refractivity contribution in [2.45, 2.75) is 31.3 Å². The Morgan fingerprint density at radius 1 is 1.53 bits per heavy atom. The van der Waals surface area contributed by atoms with Crippen LogP contribution in [0.1, 0.15) is 36.2 Å². The van der Waals surface area contributed by atoms with Crippen LogP contribution in [0.15, 0.2) is 22.8 Å². The highest BCUT2D eigenvalue weighted by molar-refractivity contribution is 5.91. The van der Waals surface area contributed by atoms with Gasteiger partial charge in [-0.25, -0.2) is 0 Å². The molecule has 0 saturated heterocycles. The fourth-order valence-electron chi connectivity index (χ4n) is 1.95. The average molecular weight is 209 g/mol. The lowest BCUT2D eigenvalue weighted by Crippen LogP contribution is -2.40. The molecular formula is C11H15NO3. The molecule has 4 nitrogen and oxygen atoms in total. The maximum absolute atomic E-state index is 11.5. The van der Waals surface area contributed by atoms with Crippen molar-refractivity contribution < 1.29 is 14.3 Å². The summed E-state index contributed by atoms with van der Waals surface area (Å²) in [5.41, 5.74) is -0.706. The lowest BCUT2D eigenvalue weighted by atomic mass is 10.0. The van der Waals surface area contributed by atoms with Crippen molar-refractivity contribution in [1.82, 2.24) is 5.32 Å². The second kappa shape index (κ2) is 4.06. The molecule has 0 atom stereocenters. The molecule has 0 bridgehead atoms. The van der Waals surface area contributed by atoms with Gasteiger partial charge in [0.2, 0.25) is 0 Å². The minimum absolute atomic E-state index is 0.264. The van der Waals surface area contributed by atoms with E-state index in [-0.39, 0.29) is 11.7 Å². The van der Waals surface area contributed by atoms with Crippen LogP contribution in [0.2, 0.25) is 0 Å². The van der Waals surface area contributed by atoms with E-state index >= 15 is 0 Å². The van der Waals surface area contributed by atoms with E-state index in [0.717, 1.165) is 25.7 Å². The van der Waals surface area contributed by atoms with Gasteiger partial charge >= 0.3 is 0 Å². The summed E-state index contributed by atoms with van der Waals surface area (Å²) in [6, 6.07) is 3.27. The molecular weight excluding hydrogens is 194 g/mol. The van der Waals surface area contributed by atoms with E-state index in [1.807, 2.05) is 0 Å². The van der Waals surface area contributed by atoms with Crippen molar-refractivity contribution >= 4 is 5.91 Å². The summed E-state index contributed by atoms with van der Waals surface area (Å²) in [5, 5.41) is 12.7. The predicted octanol–water partition coefficient (Wildman–Crippen LogP) is 1.31. The molecule has 1 amide bonds. The highest BCUT2D eigenvalue weighted by Gasteiger charge is 2.31. The zero-order chi connectivity index (χ0) is 10.7. The molecule has 0 aromatic carbocycles. The van der Waals surface area contributed by atoms with Gasteiger partial charge in [-0.3, -0.25) is 4.79 Å². The molecule has 2 N–H and O–H groups in total. The molecule has 1 aromatic heterocycles. The van der Waals surface area contributed by atoms with Crippen LogP contribution in [0.4, 0.5) is 0 Å². The molecule has 4 heteroatoms. The van der Waals surface area contributed by atoms with E-state index in [9.17, 15) is 9.90 Å². The van der Waals surface area contributed by atoms with Gasteiger partial charge in [0.15, 0.2) is 5.76 Å². The Morgan fingerprint density at radius 2 is 2.27 bits per heavy atom. The predicted molar refractivity (Wildman–Crippen MR) is 54.5 cm³/mol. The summed E-state index contributed by atoms with van der Waals surface area (Å²) in [4.78, 5) is 11.5. The molecule has 0 radical (unpaired) electrons. The van der Waals surface area contributed by atoms with Crippen molar-refractivity contribution in [2.24, 2.45) is 0 Å². The summed E-state index contributed by atoms with van der Waals surface area (Å²) in [5.74, 6) is 0.0249. The van der Waals surface area contributed by atoms with Gasteiger partial charge in [0, 0.05) is 6.54 Å². The van der Waals surface area contributed by atoms with Crippen LogP contribution in [-0.4, -0.2) is 23.2 Å². The number of carbonyl (C=O) groups excluding carboxylic acids is 1. The second-order valence-corrected chi connectivity index (χ2v) is 4.09.